The molecule has 2 fully saturated rings. The van der Waals surface area contributed by atoms with Crippen molar-refractivity contribution in [3.05, 3.63) is 9.81 Å². The molecule has 4 nitrogen and oxygen atoms in total. The summed E-state index contributed by atoms with van der Waals surface area (Å²) in [7, 11) is 0. The molecule has 0 aromatic carbocycles. The second kappa shape index (κ2) is 4.31. The van der Waals surface area contributed by atoms with Crippen molar-refractivity contribution < 1.29 is 17.9 Å². The second-order valence-electron chi connectivity index (χ2n) is 5.11. The Hall–Kier alpha value is -0.890. The third-order valence-electron chi connectivity index (χ3n) is 3.74. The average Bonchev–Trinajstić information content (AvgIpc) is 2.86. The van der Waals surface area contributed by atoms with Gasteiger partial charge in [-0.25, -0.2) is 4.68 Å². The average molecular weight is 293 g/mol. The van der Waals surface area contributed by atoms with Gasteiger partial charge >= 0.3 is 6.18 Å². The molecule has 2 heterocycles. The maximum atomic E-state index is 13.0. The molecule has 1 N–H and O–H groups in total. The molecule has 0 spiro atoms. The lowest BCUT2D eigenvalue weighted by atomic mass is 10.1. The van der Waals surface area contributed by atoms with Gasteiger partial charge in [0.25, 0.3) is 0 Å². The van der Waals surface area contributed by atoms with E-state index < -0.39 is 11.6 Å². The van der Waals surface area contributed by atoms with Crippen LogP contribution in [-0.2, 0) is 16.7 Å². The van der Waals surface area contributed by atoms with E-state index in [0.29, 0.717) is 13.2 Å². The number of halogens is 3. The molecule has 1 aliphatic carbocycles. The largest absolute Gasteiger partial charge is 0.400 e. The first-order chi connectivity index (χ1) is 8.92. The summed E-state index contributed by atoms with van der Waals surface area (Å²) in [6, 6.07) is 0. The van der Waals surface area contributed by atoms with E-state index in [1.54, 1.807) is 0 Å². The minimum Gasteiger partial charge on any atom is -0.376 e. The van der Waals surface area contributed by atoms with Crippen molar-refractivity contribution in [1.82, 2.24) is 9.78 Å². The van der Waals surface area contributed by atoms with Crippen molar-refractivity contribution in [2.24, 2.45) is 0 Å². The summed E-state index contributed by atoms with van der Waals surface area (Å²) in [5, 5.41) is 11.8. The number of rotatable bonds is 3. The molecule has 0 unspecified atom stereocenters. The van der Waals surface area contributed by atoms with Crippen LogP contribution in [0, 0.1) is 5.41 Å². The van der Waals surface area contributed by atoms with Gasteiger partial charge in [0, 0.05) is 6.61 Å². The summed E-state index contributed by atoms with van der Waals surface area (Å²) >= 11 is 0.837. The van der Waals surface area contributed by atoms with E-state index in [0.717, 1.165) is 24.2 Å². The van der Waals surface area contributed by atoms with Crippen molar-refractivity contribution in [1.29, 1.82) is 5.41 Å². The Morgan fingerprint density at radius 1 is 1.47 bits per heavy atom. The first-order valence-corrected chi connectivity index (χ1v) is 7.05. The molecule has 3 rings (SSSR count). The van der Waals surface area contributed by atoms with Gasteiger partial charge in [0.1, 0.15) is 10.4 Å². The predicted molar refractivity (Wildman–Crippen MR) is 61.9 cm³/mol. The lowest BCUT2D eigenvalue weighted by Crippen LogP contribution is -2.29. The number of aromatic nitrogens is 2. The van der Waals surface area contributed by atoms with E-state index in [1.807, 2.05) is 0 Å². The van der Waals surface area contributed by atoms with Crippen LogP contribution in [-0.4, -0.2) is 28.7 Å². The highest BCUT2D eigenvalue weighted by molar-refractivity contribution is 7.09. The molecule has 8 heteroatoms. The predicted octanol–water partition coefficient (Wildman–Crippen LogP) is 2.20. The molecule has 1 saturated heterocycles. The Morgan fingerprint density at radius 3 is 2.74 bits per heavy atom. The van der Waals surface area contributed by atoms with E-state index >= 15 is 0 Å². The van der Waals surface area contributed by atoms with Gasteiger partial charge in [-0.1, -0.05) is 11.3 Å². The van der Waals surface area contributed by atoms with Crippen molar-refractivity contribution in [3.63, 3.8) is 0 Å². The molecule has 1 atom stereocenters. The summed E-state index contributed by atoms with van der Waals surface area (Å²) in [6.45, 7) is 1.06. The van der Waals surface area contributed by atoms with Crippen LogP contribution in [0.3, 0.4) is 0 Å². The van der Waals surface area contributed by atoms with E-state index in [-0.39, 0.29) is 28.8 Å². The quantitative estimate of drug-likeness (QED) is 0.929. The van der Waals surface area contributed by atoms with E-state index in [2.05, 4.69) is 5.10 Å². The Balaban J connectivity index is 1.83. The third kappa shape index (κ3) is 2.20. The van der Waals surface area contributed by atoms with Crippen LogP contribution >= 0.6 is 11.3 Å². The molecule has 0 radical (unpaired) electrons. The van der Waals surface area contributed by atoms with Crippen molar-refractivity contribution in [3.8, 4) is 0 Å². The van der Waals surface area contributed by atoms with Gasteiger partial charge < -0.3 is 4.74 Å². The fraction of sp³-hybridized carbons (Fsp3) is 0.818. The number of hydrogen-bond donors (Lipinski definition) is 1. The van der Waals surface area contributed by atoms with Crippen molar-refractivity contribution in [2.75, 3.05) is 6.61 Å². The monoisotopic (exact) mass is 293 g/mol. The van der Waals surface area contributed by atoms with E-state index in [1.165, 1.54) is 4.68 Å². The molecule has 1 aromatic rings. The van der Waals surface area contributed by atoms with Crippen LogP contribution < -0.4 is 4.80 Å². The molecule has 1 saturated carbocycles. The van der Waals surface area contributed by atoms with Gasteiger partial charge in [0.2, 0.25) is 0 Å². The number of ether oxygens (including phenoxy) is 1. The van der Waals surface area contributed by atoms with Crippen LogP contribution in [0.1, 0.15) is 30.7 Å². The summed E-state index contributed by atoms with van der Waals surface area (Å²) < 4.78 is 45.8. The van der Waals surface area contributed by atoms with Gasteiger partial charge in [-0.05, 0) is 25.7 Å². The summed E-state index contributed by atoms with van der Waals surface area (Å²) in [5.74, 6) is 0. The van der Waals surface area contributed by atoms with Crippen LogP contribution in [0.2, 0.25) is 0 Å². The van der Waals surface area contributed by atoms with Gasteiger partial charge in [-0.3, -0.25) is 5.41 Å². The number of hydrogen-bond acceptors (Lipinski definition) is 4. The van der Waals surface area contributed by atoms with Crippen LogP contribution in [0.4, 0.5) is 13.2 Å². The van der Waals surface area contributed by atoms with Gasteiger partial charge in [-0.2, -0.15) is 18.3 Å². The summed E-state index contributed by atoms with van der Waals surface area (Å²) in [6.07, 6.45) is -2.28. The molecular formula is C11H14F3N3OS. The van der Waals surface area contributed by atoms with Gasteiger partial charge in [0.05, 0.1) is 12.6 Å². The maximum Gasteiger partial charge on any atom is 0.400 e. The Labute approximate surface area is 111 Å². The topological polar surface area (TPSA) is 50.9 Å². The molecule has 19 heavy (non-hydrogen) atoms. The first kappa shape index (κ1) is 13.1. The maximum absolute atomic E-state index is 13.0. The summed E-state index contributed by atoms with van der Waals surface area (Å²) in [4.78, 5) is 0.0704. The van der Waals surface area contributed by atoms with Crippen LogP contribution in [0.25, 0.3) is 0 Å². The fourth-order valence-corrected chi connectivity index (χ4v) is 3.42. The fourth-order valence-electron chi connectivity index (χ4n) is 2.36. The zero-order chi connectivity index (χ0) is 13.7. The number of alkyl halides is 3. The summed E-state index contributed by atoms with van der Waals surface area (Å²) in [5.41, 5.74) is -1.78. The van der Waals surface area contributed by atoms with Crippen LogP contribution in [0.5, 0.6) is 0 Å². The van der Waals surface area contributed by atoms with Crippen molar-refractivity contribution in [2.45, 2.75) is 49.9 Å². The molecule has 0 bridgehead atoms. The Morgan fingerprint density at radius 2 is 2.21 bits per heavy atom. The molecule has 1 aliphatic heterocycles. The smallest absolute Gasteiger partial charge is 0.376 e. The van der Waals surface area contributed by atoms with E-state index in [4.69, 9.17) is 10.1 Å². The highest BCUT2D eigenvalue weighted by atomic mass is 32.1. The SMILES string of the molecule is N=c1sc(C2(C(F)(F)F)CC2)nn1C[C@H]1CCCO1. The van der Waals surface area contributed by atoms with E-state index in [9.17, 15) is 13.2 Å². The second-order valence-corrected chi connectivity index (χ2v) is 6.09. The molecular weight excluding hydrogens is 279 g/mol. The Bertz CT molecular complexity index is 526. The normalized spacial score (nSPS) is 25.7. The zero-order valence-electron chi connectivity index (χ0n) is 10.2. The highest BCUT2D eigenvalue weighted by Crippen LogP contribution is 2.58. The van der Waals surface area contributed by atoms with Gasteiger partial charge in [-0.15, -0.1) is 0 Å². The standard InChI is InChI=1S/C11H14F3N3OS/c12-11(13,14)10(3-4-10)8-16-17(9(15)19-8)6-7-2-1-5-18-7/h7,15H,1-6H2/t7-/m1/s1. The molecule has 1 aromatic heterocycles. The minimum atomic E-state index is -4.26. The van der Waals surface area contributed by atoms with Gasteiger partial charge in [0.15, 0.2) is 4.80 Å². The molecule has 2 aliphatic rings. The lowest BCUT2D eigenvalue weighted by Gasteiger charge is -2.15. The minimum absolute atomic E-state index is 0.0231. The number of nitrogens with zero attached hydrogens (tertiary/aromatic N) is 2. The highest BCUT2D eigenvalue weighted by Gasteiger charge is 2.66. The van der Waals surface area contributed by atoms with Crippen LogP contribution in [0.15, 0.2) is 0 Å². The third-order valence-corrected chi connectivity index (χ3v) is 4.81. The number of nitrogens with one attached hydrogen (secondary N) is 1. The Kier molecular flexibility index (Phi) is 2.97. The first-order valence-electron chi connectivity index (χ1n) is 6.24. The van der Waals surface area contributed by atoms with Crippen molar-refractivity contribution >= 4 is 11.3 Å². The molecule has 106 valence electrons. The molecule has 0 amide bonds. The lowest BCUT2D eigenvalue weighted by molar-refractivity contribution is -0.160. The zero-order valence-corrected chi connectivity index (χ0v) is 11.0.